The van der Waals surface area contributed by atoms with Gasteiger partial charge in [-0.3, -0.25) is 0 Å². The molecule has 0 saturated heterocycles. The average molecular weight is 192 g/mol. The first-order valence-electron chi connectivity index (χ1n) is 4.51. The van der Waals surface area contributed by atoms with Gasteiger partial charge in [0, 0.05) is 13.1 Å². The molecule has 0 aliphatic heterocycles. The van der Waals surface area contributed by atoms with Gasteiger partial charge in [0.1, 0.15) is 11.0 Å². The Balaban J connectivity index is 2.10. The van der Waals surface area contributed by atoms with Crippen molar-refractivity contribution in [2.24, 2.45) is 0 Å². The standard InChI is InChI=1S/C9H12N4O/c14-4-3-10-6-7-1-2-8-9(5-7)12-13-11-8/h1-2,5,10,14H,3-4,6H2,(H,11,12,13). The van der Waals surface area contributed by atoms with Crippen molar-refractivity contribution in [3.8, 4) is 0 Å². The maximum Gasteiger partial charge on any atom is 0.113 e. The lowest BCUT2D eigenvalue weighted by atomic mass is 10.2. The van der Waals surface area contributed by atoms with Gasteiger partial charge in [-0.15, -0.1) is 0 Å². The van der Waals surface area contributed by atoms with Crippen molar-refractivity contribution in [1.29, 1.82) is 0 Å². The summed E-state index contributed by atoms with van der Waals surface area (Å²) in [5.74, 6) is 0. The van der Waals surface area contributed by atoms with Crippen LogP contribution in [-0.2, 0) is 6.54 Å². The van der Waals surface area contributed by atoms with E-state index >= 15 is 0 Å². The molecule has 0 amide bonds. The molecule has 2 aromatic rings. The highest BCUT2D eigenvalue weighted by Crippen LogP contribution is 2.09. The molecule has 1 heterocycles. The number of aromatic nitrogens is 3. The predicted octanol–water partition coefficient (Wildman–Crippen LogP) is 0.0398. The van der Waals surface area contributed by atoms with E-state index in [0.717, 1.165) is 23.1 Å². The Labute approximate surface area is 81.1 Å². The molecule has 0 atom stereocenters. The molecular weight excluding hydrogens is 180 g/mol. The van der Waals surface area contributed by atoms with Crippen LogP contribution in [0.15, 0.2) is 18.2 Å². The molecule has 0 bridgehead atoms. The summed E-state index contributed by atoms with van der Waals surface area (Å²) in [6.45, 7) is 1.51. The molecule has 0 saturated carbocycles. The summed E-state index contributed by atoms with van der Waals surface area (Å²) in [5, 5.41) is 22.2. The molecule has 1 aromatic heterocycles. The second-order valence-corrected chi connectivity index (χ2v) is 3.05. The molecule has 0 fully saturated rings. The van der Waals surface area contributed by atoms with Crippen molar-refractivity contribution in [2.75, 3.05) is 13.2 Å². The van der Waals surface area contributed by atoms with Crippen LogP contribution >= 0.6 is 0 Å². The summed E-state index contributed by atoms with van der Waals surface area (Å²) >= 11 is 0. The maximum atomic E-state index is 8.59. The van der Waals surface area contributed by atoms with Crippen LogP contribution in [0.2, 0.25) is 0 Å². The quantitative estimate of drug-likeness (QED) is 0.598. The monoisotopic (exact) mass is 192 g/mol. The molecule has 1 aromatic carbocycles. The molecule has 2 rings (SSSR count). The third-order valence-corrected chi connectivity index (χ3v) is 2.00. The fourth-order valence-electron chi connectivity index (χ4n) is 1.31. The lowest BCUT2D eigenvalue weighted by Crippen LogP contribution is -2.17. The smallest absolute Gasteiger partial charge is 0.113 e. The Hall–Kier alpha value is -1.46. The molecule has 74 valence electrons. The second kappa shape index (κ2) is 4.17. The van der Waals surface area contributed by atoms with Gasteiger partial charge in [0.05, 0.1) is 6.61 Å². The summed E-state index contributed by atoms with van der Waals surface area (Å²) < 4.78 is 0. The summed E-state index contributed by atoms with van der Waals surface area (Å²) in [6.07, 6.45) is 0. The van der Waals surface area contributed by atoms with Crippen LogP contribution in [0.3, 0.4) is 0 Å². The molecule has 0 aliphatic rings. The fourth-order valence-corrected chi connectivity index (χ4v) is 1.31. The molecule has 0 radical (unpaired) electrons. The molecule has 5 nitrogen and oxygen atoms in total. The summed E-state index contributed by atoms with van der Waals surface area (Å²) in [5.41, 5.74) is 2.88. The summed E-state index contributed by atoms with van der Waals surface area (Å²) in [6, 6.07) is 5.90. The topological polar surface area (TPSA) is 73.8 Å². The largest absolute Gasteiger partial charge is 0.395 e. The van der Waals surface area contributed by atoms with Crippen LogP contribution < -0.4 is 5.32 Å². The number of aliphatic hydroxyl groups is 1. The van der Waals surface area contributed by atoms with Crippen LogP contribution in [0.25, 0.3) is 11.0 Å². The number of H-pyrrole nitrogens is 1. The molecule has 0 unspecified atom stereocenters. The van der Waals surface area contributed by atoms with E-state index in [0.29, 0.717) is 6.54 Å². The van der Waals surface area contributed by atoms with Crippen molar-refractivity contribution < 1.29 is 5.11 Å². The Morgan fingerprint density at radius 2 is 2.14 bits per heavy atom. The van der Waals surface area contributed by atoms with Crippen LogP contribution in [0.5, 0.6) is 0 Å². The van der Waals surface area contributed by atoms with E-state index in [2.05, 4.69) is 20.7 Å². The molecule has 14 heavy (non-hydrogen) atoms. The van der Waals surface area contributed by atoms with Gasteiger partial charge in [-0.05, 0) is 17.7 Å². The van der Waals surface area contributed by atoms with Crippen molar-refractivity contribution in [3.63, 3.8) is 0 Å². The zero-order chi connectivity index (χ0) is 9.80. The zero-order valence-corrected chi connectivity index (χ0v) is 7.70. The van der Waals surface area contributed by atoms with Gasteiger partial charge in [0.2, 0.25) is 0 Å². The highest BCUT2D eigenvalue weighted by atomic mass is 16.3. The number of aliphatic hydroxyl groups excluding tert-OH is 1. The number of benzene rings is 1. The summed E-state index contributed by atoms with van der Waals surface area (Å²) in [7, 11) is 0. The molecule has 3 N–H and O–H groups in total. The van der Waals surface area contributed by atoms with Crippen LogP contribution in [0.4, 0.5) is 0 Å². The number of hydrogen-bond acceptors (Lipinski definition) is 4. The zero-order valence-electron chi connectivity index (χ0n) is 7.70. The second-order valence-electron chi connectivity index (χ2n) is 3.05. The Bertz CT molecular complexity index is 412. The molecular formula is C9H12N4O. The third kappa shape index (κ3) is 1.89. The van der Waals surface area contributed by atoms with Gasteiger partial charge in [0.15, 0.2) is 0 Å². The molecule has 0 aliphatic carbocycles. The highest BCUT2D eigenvalue weighted by molar-refractivity contribution is 5.74. The lowest BCUT2D eigenvalue weighted by Gasteiger charge is -2.01. The number of nitrogens with zero attached hydrogens (tertiary/aromatic N) is 2. The van der Waals surface area contributed by atoms with E-state index < -0.39 is 0 Å². The van der Waals surface area contributed by atoms with Crippen molar-refractivity contribution >= 4 is 11.0 Å². The fraction of sp³-hybridized carbons (Fsp3) is 0.333. The minimum Gasteiger partial charge on any atom is -0.395 e. The minimum absolute atomic E-state index is 0.159. The first kappa shape index (κ1) is 9.11. The normalized spacial score (nSPS) is 10.9. The van der Waals surface area contributed by atoms with Crippen molar-refractivity contribution in [2.45, 2.75) is 6.54 Å². The van der Waals surface area contributed by atoms with Crippen molar-refractivity contribution in [1.82, 2.24) is 20.7 Å². The maximum absolute atomic E-state index is 8.59. The summed E-state index contributed by atoms with van der Waals surface area (Å²) in [4.78, 5) is 0. The predicted molar refractivity (Wildman–Crippen MR) is 52.7 cm³/mol. The molecule has 0 spiro atoms. The first-order chi connectivity index (χ1) is 6.90. The van der Waals surface area contributed by atoms with Gasteiger partial charge >= 0.3 is 0 Å². The van der Waals surface area contributed by atoms with E-state index in [-0.39, 0.29) is 6.61 Å². The van der Waals surface area contributed by atoms with E-state index in [1.165, 1.54) is 0 Å². The SMILES string of the molecule is OCCNCc1ccc2n[nH]nc2c1. The number of nitrogens with one attached hydrogen (secondary N) is 2. The van der Waals surface area contributed by atoms with Gasteiger partial charge < -0.3 is 10.4 Å². The van der Waals surface area contributed by atoms with E-state index in [4.69, 9.17) is 5.11 Å². The Morgan fingerprint density at radius 3 is 3.00 bits per heavy atom. The van der Waals surface area contributed by atoms with Gasteiger partial charge in [0.25, 0.3) is 0 Å². The van der Waals surface area contributed by atoms with Gasteiger partial charge in [-0.2, -0.15) is 15.4 Å². The highest BCUT2D eigenvalue weighted by Gasteiger charge is 1.98. The third-order valence-electron chi connectivity index (χ3n) is 2.00. The number of rotatable bonds is 4. The van der Waals surface area contributed by atoms with E-state index in [1.807, 2.05) is 18.2 Å². The van der Waals surface area contributed by atoms with Gasteiger partial charge in [-0.25, -0.2) is 0 Å². The minimum atomic E-state index is 0.159. The average Bonchev–Trinajstić information content (AvgIpc) is 2.65. The molecule has 5 heteroatoms. The van der Waals surface area contributed by atoms with Gasteiger partial charge in [-0.1, -0.05) is 6.07 Å². The van der Waals surface area contributed by atoms with Crippen LogP contribution in [0.1, 0.15) is 5.56 Å². The number of hydrogen-bond donors (Lipinski definition) is 3. The van der Waals surface area contributed by atoms with Crippen LogP contribution in [-0.4, -0.2) is 33.7 Å². The lowest BCUT2D eigenvalue weighted by molar-refractivity contribution is 0.292. The Kier molecular flexibility index (Phi) is 2.71. The first-order valence-corrected chi connectivity index (χ1v) is 4.51. The number of aromatic amines is 1. The van der Waals surface area contributed by atoms with Crippen molar-refractivity contribution in [3.05, 3.63) is 23.8 Å². The Morgan fingerprint density at radius 1 is 1.29 bits per heavy atom. The number of fused-ring (bicyclic) bond motifs is 1. The van der Waals surface area contributed by atoms with E-state index in [9.17, 15) is 0 Å². The van der Waals surface area contributed by atoms with E-state index in [1.54, 1.807) is 0 Å². The van der Waals surface area contributed by atoms with Crippen LogP contribution in [0, 0.1) is 0 Å².